The van der Waals surface area contributed by atoms with Gasteiger partial charge in [-0.2, -0.15) is 5.10 Å². The van der Waals surface area contributed by atoms with Gasteiger partial charge in [0.25, 0.3) is 5.56 Å². The molecule has 0 aliphatic carbocycles. The van der Waals surface area contributed by atoms with Gasteiger partial charge in [-0.1, -0.05) is 17.4 Å². The van der Waals surface area contributed by atoms with Crippen LogP contribution in [0.25, 0.3) is 21.5 Å². The van der Waals surface area contributed by atoms with E-state index in [2.05, 4.69) is 15.4 Å². The summed E-state index contributed by atoms with van der Waals surface area (Å²) in [6, 6.07) is 14.3. The Labute approximate surface area is 174 Å². The van der Waals surface area contributed by atoms with Gasteiger partial charge in [-0.05, 0) is 48.9 Å². The van der Waals surface area contributed by atoms with Gasteiger partial charge in [-0.25, -0.2) is 9.67 Å². The van der Waals surface area contributed by atoms with Crippen LogP contribution in [0.3, 0.4) is 0 Å². The molecule has 9 heteroatoms. The molecule has 0 fully saturated rings. The second kappa shape index (κ2) is 7.27. The predicted molar refractivity (Wildman–Crippen MR) is 113 cm³/mol. The van der Waals surface area contributed by atoms with E-state index in [0.29, 0.717) is 22.3 Å². The summed E-state index contributed by atoms with van der Waals surface area (Å²) >= 11 is 1.39. The Hall–Kier alpha value is -3.72. The standard InChI is InChI=1S/C21H16N4O4S/c1-12-2-4-15-18(8-12)30-21(22-15)23-19(26)10-25-20(27)7-5-14(24-25)13-3-6-16-17(9-13)29-11-28-16/h2-9H,10-11H2,1H3,(H,22,23,26). The van der Waals surface area contributed by atoms with E-state index in [0.717, 1.165) is 26.0 Å². The summed E-state index contributed by atoms with van der Waals surface area (Å²) < 4.78 is 12.8. The molecule has 0 bridgehead atoms. The molecule has 1 aliphatic rings. The third kappa shape index (κ3) is 3.50. The van der Waals surface area contributed by atoms with Gasteiger partial charge in [0.15, 0.2) is 16.6 Å². The Morgan fingerprint density at radius 3 is 2.90 bits per heavy atom. The van der Waals surface area contributed by atoms with Gasteiger partial charge in [-0.15, -0.1) is 0 Å². The van der Waals surface area contributed by atoms with Crippen LogP contribution in [-0.2, 0) is 11.3 Å². The fraction of sp³-hybridized carbons (Fsp3) is 0.143. The maximum Gasteiger partial charge on any atom is 0.267 e. The van der Waals surface area contributed by atoms with Crippen LogP contribution in [0, 0.1) is 6.92 Å². The Morgan fingerprint density at radius 2 is 2.00 bits per heavy atom. The lowest BCUT2D eigenvalue weighted by Gasteiger charge is -2.07. The molecule has 0 saturated heterocycles. The Balaban J connectivity index is 1.36. The molecule has 0 radical (unpaired) electrons. The molecule has 0 spiro atoms. The average molecular weight is 420 g/mol. The molecular weight excluding hydrogens is 404 g/mol. The molecule has 0 atom stereocenters. The molecule has 8 nitrogen and oxygen atoms in total. The van der Waals surface area contributed by atoms with Crippen LogP contribution in [-0.4, -0.2) is 27.5 Å². The zero-order chi connectivity index (χ0) is 20.7. The van der Waals surface area contributed by atoms with Gasteiger partial charge in [0.05, 0.1) is 15.9 Å². The number of aryl methyl sites for hydroxylation is 1. The fourth-order valence-electron chi connectivity index (χ4n) is 3.15. The van der Waals surface area contributed by atoms with Crippen molar-refractivity contribution in [3.8, 4) is 22.8 Å². The maximum absolute atomic E-state index is 12.5. The summed E-state index contributed by atoms with van der Waals surface area (Å²) in [4.78, 5) is 29.1. The maximum atomic E-state index is 12.5. The SMILES string of the molecule is Cc1ccc2nc(NC(=O)Cn3nc(-c4ccc5c(c4)OCO5)ccc3=O)sc2c1. The van der Waals surface area contributed by atoms with E-state index in [1.54, 1.807) is 18.2 Å². The van der Waals surface area contributed by atoms with Crippen molar-refractivity contribution >= 4 is 32.6 Å². The monoisotopic (exact) mass is 420 g/mol. The first-order chi connectivity index (χ1) is 14.5. The Kier molecular flexibility index (Phi) is 4.44. The molecule has 3 heterocycles. The first-order valence-corrected chi connectivity index (χ1v) is 10.0. The number of nitrogens with zero attached hydrogens (tertiary/aromatic N) is 3. The number of fused-ring (bicyclic) bond motifs is 2. The minimum atomic E-state index is -0.372. The number of carbonyl (C=O) groups excluding carboxylic acids is 1. The van der Waals surface area contributed by atoms with Crippen LogP contribution < -0.4 is 20.3 Å². The van der Waals surface area contributed by atoms with E-state index in [1.807, 2.05) is 31.2 Å². The number of thiazole rings is 1. The number of hydrogen-bond acceptors (Lipinski definition) is 7. The van der Waals surface area contributed by atoms with Crippen molar-refractivity contribution in [2.75, 3.05) is 12.1 Å². The molecule has 1 aliphatic heterocycles. The lowest BCUT2D eigenvalue weighted by atomic mass is 10.1. The van der Waals surface area contributed by atoms with Crippen LogP contribution in [0.2, 0.25) is 0 Å². The number of benzene rings is 2. The highest BCUT2D eigenvalue weighted by molar-refractivity contribution is 7.22. The van der Waals surface area contributed by atoms with Gasteiger partial charge in [0.1, 0.15) is 6.54 Å². The third-order valence-electron chi connectivity index (χ3n) is 4.62. The van der Waals surface area contributed by atoms with Crippen molar-refractivity contribution < 1.29 is 14.3 Å². The minimum absolute atomic E-state index is 0.178. The number of anilines is 1. The molecule has 1 N–H and O–H groups in total. The van der Waals surface area contributed by atoms with E-state index in [1.165, 1.54) is 17.4 Å². The first kappa shape index (κ1) is 18.3. The summed E-state index contributed by atoms with van der Waals surface area (Å²) in [5.41, 5.74) is 2.89. The highest BCUT2D eigenvalue weighted by Gasteiger charge is 2.16. The number of aromatic nitrogens is 3. The highest BCUT2D eigenvalue weighted by atomic mass is 32.1. The first-order valence-electron chi connectivity index (χ1n) is 9.20. The van der Waals surface area contributed by atoms with Gasteiger partial charge in [0.2, 0.25) is 12.7 Å². The number of rotatable bonds is 4. The second-order valence-electron chi connectivity index (χ2n) is 6.82. The molecule has 1 amide bonds. The Bertz CT molecular complexity index is 1340. The van der Waals surface area contributed by atoms with E-state index in [-0.39, 0.29) is 24.8 Å². The average Bonchev–Trinajstić information content (AvgIpc) is 3.34. The lowest BCUT2D eigenvalue weighted by Crippen LogP contribution is -2.29. The van der Waals surface area contributed by atoms with E-state index in [9.17, 15) is 9.59 Å². The summed E-state index contributed by atoms with van der Waals surface area (Å²) in [5.74, 6) is 0.913. The largest absolute Gasteiger partial charge is 0.454 e. The van der Waals surface area contributed by atoms with Gasteiger partial charge >= 0.3 is 0 Å². The molecular formula is C21H16N4O4S. The van der Waals surface area contributed by atoms with Crippen molar-refractivity contribution in [1.29, 1.82) is 0 Å². The third-order valence-corrected chi connectivity index (χ3v) is 5.55. The molecule has 5 rings (SSSR count). The van der Waals surface area contributed by atoms with E-state index < -0.39 is 0 Å². The number of amides is 1. The van der Waals surface area contributed by atoms with Crippen molar-refractivity contribution in [3.63, 3.8) is 0 Å². The van der Waals surface area contributed by atoms with Gasteiger partial charge < -0.3 is 14.8 Å². The van der Waals surface area contributed by atoms with Crippen molar-refractivity contribution in [3.05, 3.63) is 64.4 Å². The zero-order valence-electron chi connectivity index (χ0n) is 15.9. The second-order valence-corrected chi connectivity index (χ2v) is 7.85. The van der Waals surface area contributed by atoms with E-state index >= 15 is 0 Å². The minimum Gasteiger partial charge on any atom is -0.454 e. The van der Waals surface area contributed by atoms with Crippen LogP contribution in [0.1, 0.15) is 5.56 Å². The van der Waals surface area contributed by atoms with Crippen LogP contribution in [0.5, 0.6) is 11.5 Å². The summed E-state index contributed by atoms with van der Waals surface area (Å²) in [5, 5.41) is 7.57. The number of ether oxygens (including phenoxy) is 2. The molecule has 2 aromatic heterocycles. The number of carbonyl (C=O) groups is 1. The summed E-state index contributed by atoms with van der Waals surface area (Å²) in [6.07, 6.45) is 0. The van der Waals surface area contributed by atoms with Crippen molar-refractivity contribution in [2.24, 2.45) is 0 Å². The quantitative estimate of drug-likeness (QED) is 0.545. The number of nitrogens with one attached hydrogen (secondary N) is 1. The number of hydrogen-bond donors (Lipinski definition) is 1. The molecule has 0 saturated carbocycles. The topological polar surface area (TPSA) is 95.3 Å². The molecule has 150 valence electrons. The molecule has 0 unspecified atom stereocenters. The normalized spacial score (nSPS) is 12.3. The van der Waals surface area contributed by atoms with Gasteiger partial charge in [-0.3, -0.25) is 9.59 Å². The Morgan fingerprint density at radius 1 is 1.13 bits per heavy atom. The zero-order valence-corrected chi connectivity index (χ0v) is 16.7. The molecule has 4 aromatic rings. The summed E-state index contributed by atoms with van der Waals surface area (Å²) in [6.45, 7) is 1.96. The smallest absolute Gasteiger partial charge is 0.267 e. The van der Waals surface area contributed by atoms with Gasteiger partial charge in [0, 0.05) is 11.6 Å². The van der Waals surface area contributed by atoms with E-state index in [4.69, 9.17) is 9.47 Å². The van der Waals surface area contributed by atoms with Crippen LogP contribution in [0.15, 0.2) is 53.3 Å². The molecule has 30 heavy (non-hydrogen) atoms. The summed E-state index contributed by atoms with van der Waals surface area (Å²) in [7, 11) is 0. The fourth-order valence-corrected chi connectivity index (χ4v) is 4.13. The van der Waals surface area contributed by atoms with Crippen molar-refractivity contribution in [1.82, 2.24) is 14.8 Å². The van der Waals surface area contributed by atoms with Crippen molar-refractivity contribution in [2.45, 2.75) is 13.5 Å². The lowest BCUT2D eigenvalue weighted by molar-refractivity contribution is -0.117. The predicted octanol–water partition coefficient (Wildman–Crippen LogP) is 3.20. The van der Waals surface area contributed by atoms with Crippen LogP contribution >= 0.6 is 11.3 Å². The highest BCUT2D eigenvalue weighted by Crippen LogP contribution is 2.35. The molecule has 2 aromatic carbocycles. The van der Waals surface area contributed by atoms with Crippen LogP contribution in [0.4, 0.5) is 5.13 Å².